The summed E-state index contributed by atoms with van der Waals surface area (Å²) < 4.78 is 1.29. The Hall–Kier alpha value is -0.300. The minimum absolute atomic E-state index is 0.847. The van der Waals surface area contributed by atoms with Crippen LogP contribution in [-0.2, 0) is 0 Å². The first-order chi connectivity index (χ1) is 7.33. The molecule has 0 heterocycles. The fraction of sp³-hybridized carbons (Fsp3) is 0.571. The molecule has 0 amide bonds. The van der Waals surface area contributed by atoms with Crippen molar-refractivity contribution in [3.8, 4) is 0 Å². The molecule has 0 aromatic heterocycles. The Morgan fingerprint density at radius 1 is 0.800 bits per heavy atom. The smallest absolute Gasteiger partial charge is 0.0180 e. The number of hydrogen-bond acceptors (Lipinski definition) is 0. The lowest BCUT2D eigenvalue weighted by Crippen LogP contribution is -1.94. The van der Waals surface area contributed by atoms with Gasteiger partial charge in [-0.3, -0.25) is 0 Å². The molecule has 2 aliphatic rings. The van der Waals surface area contributed by atoms with Crippen molar-refractivity contribution in [1.82, 2.24) is 0 Å². The number of benzene rings is 1. The van der Waals surface area contributed by atoms with Crippen LogP contribution in [0.25, 0.3) is 0 Å². The average molecular weight is 265 g/mol. The SMILES string of the molecule is Brc1cc(C2CCCC2)cc(C2CC2)c1. The van der Waals surface area contributed by atoms with E-state index in [1.807, 2.05) is 0 Å². The first-order valence-corrected chi connectivity index (χ1v) is 6.92. The van der Waals surface area contributed by atoms with Crippen LogP contribution >= 0.6 is 15.9 Å². The van der Waals surface area contributed by atoms with Gasteiger partial charge in [-0.25, -0.2) is 0 Å². The van der Waals surface area contributed by atoms with Crippen molar-refractivity contribution < 1.29 is 0 Å². The molecule has 0 N–H and O–H groups in total. The molecule has 0 saturated heterocycles. The van der Waals surface area contributed by atoms with Gasteiger partial charge in [0.15, 0.2) is 0 Å². The van der Waals surface area contributed by atoms with Crippen molar-refractivity contribution in [2.24, 2.45) is 0 Å². The molecule has 0 atom stereocenters. The van der Waals surface area contributed by atoms with Crippen LogP contribution in [0.3, 0.4) is 0 Å². The standard InChI is InChI=1S/C14H17Br/c15-14-8-12(10-3-1-2-4-10)7-13(9-14)11-5-6-11/h7-11H,1-6H2. The lowest BCUT2D eigenvalue weighted by atomic mass is 9.95. The molecular formula is C14H17Br. The molecule has 2 fully saturated rings. The van der Waals surface area contributed by atoms with E-state index < -0.39 is 0 Å². The summed E-state index contributed by atoms with van der Waals surface area (Å²) in [6.07, 6.45) is 8.47. The van der Waals surface area contributed by atoms with Crippen LogP contribution in [0.15, 0.2) is 22.7 Å². The molecule has 0 spiro atoms. The van der Waals surface area contributed by atoms with Gasteiger partial charge in [-0.1, -0.05) is 34.8 Å². The summed E-state index contributed by atoms with van der Waals surface area (Å²) in [6.45, 7) is 0. The van der Waals surface area contributed by atoms with Gasteiger partial charge in [0, 0.05) is 4.47 Å². The number of halogens is 1. The molecule has 1 aromatic carbocycles. The van der Waals surface area contributed by atoms with Crippen LogP contribution < -0.4 is 0 Å². The molecule has 0 nitrogen and oxygen atoms in total. The minimum Gasteiger partial charge on any atom is -0.0552 e. The summed E-state index contributed by atoms with van der Waals surface area (Å²) >= 11 is 3.66. The molecule has 1 aromatic rings. The van der Waals surface area contributed by atoms with Crippen molar-refractivity contribution in [1.29, 1.82) is 0 Å². The lowest BCUT2D eigenvalue weighted by molar-refractivity contribution is 0.721. The summed E-state index contributed by atoms with van der Waals surface area (Å²) in [5.41, 5.74) is 3.16. The first-order valence-electron chi connectivity index (χ1n) is 6.13. The van der Waals surface area contributed by atoms with E-state index in [1.54, 1.807) is 11.1 Å². The predicted molar refractivity (Wildman–Crippen MR) is 67.3 cm³/mol. The van der Waals surface area contributed by atoms with Crippen molar-refractivity contribution in [2.75, 3.05) is 0 Å². The van der Waals surface area contributed by atoms with E-state index in [4.69, 9.17) is 0 Å². The van der Waals surface area contributed by atoms with E-state index >= 15 is 0 Å². The Kier molecular flexibility index (Phi) is 2.59. The minimum atomic E-state index is 0.847. The molecule has 3 rings (SSSR count). The normalized spacial score (nSPS) is 22.2. The van der Waals surface area contributed by atoms with Crippen molar-refractivity contribution in [3.05, 3.63) is 33.8 Å². The maximum atomic E-state index is 3.66. The first kappa shape index (κ1) is 9.89. The van der Waals surface area contributed by atoms with Crippen LogP contribution in [0.1, 0.15) is 61.5 Å². The quantitative estimate of drug-likeness (QED) is 0.707. The zero-order chi connectivity index (χ0) is 10.3. The lowest BCUT2D eigenvalue weighted by Gasteiger charge is -2.12. The summed E-state index contributed by atoms with van der Waals surface area (Å²) in [5, 5.41) is 0. The largest absolute Gasteiger partial charge is 0.0552 e. The second-order valence-electron chi connectivity index (χ2n) is 5.07. The third-order valence-electron chi connectivity index (χ3n) is 3.82. The van der Waals surface area contributed by atoms with Gasteiger partial charge in [0.2, 0.25) is 0 Å². The Labute approximate surface area is 100 Å². The monoisotopic (exact) mass is 264 g/mol. The molecule has 0 bridgehead atoms. The Morgan fingerprint density at radius 2 is 1.33 bits per heavy atom. The zero-order valence-corrected chi connectivity index (χ0v) is 10.6. The number of rotatable bonds is 2. The highest BCUT2D eigenvalue weighted by atomic mass is 79.9. The summed E-state index contributed by atoms with van der Waals surface area (Å²) in [5.74, 6) is 1.72. The van der Waals surface area contributed by atoms with Gasteiger partial charge in [-0.05, 0) is 60.8 Å². The van der Waals surface area contributed by atoms with E-state index in [2.05, 4.69) is 34.1 Å². The summed E-state index contributed by atoms with van der Waals surface area (Å²) in [6, 6.07) is 7.12. The van der Waals surface area contributed by atoms with Crippen LogP contribution in [-0.4, -0.2) is 0 Å². The molecule has 2 saturated carbocycles. The molecular weight excluding hydrogens is 248 g/mol. The van der Waals surface area contributed by atoms with E-state index in [0.717, 1.165) is 11.8 Å². The van der Waals surface area contributed by atoms with E-state index in [-0.39, 0.29) is 0 Å². The zero-order valence-electron chi connectivity index (χ0n) is 9.01. The van der Waals surface area contributed by atoms with E-state index in [0.29, 0.717) is 0 Å². The topological polar surface area (TPSA) is 0 Å². The molecule has 80 valence electrons. The van der Waals surface area contributed by atoms with Gasteiger partial charge in [0.25, 0.3) is 0 Å². The maximum absolute atomic E-state index is 3.66. The van der Waals surface area contributed by atoms with Gasteiger partial charge in [0.1, 0.15) is 0 Å². The van der Waals surface area contributed by atoms with E-state index in [9.17, 15) is 0 Å². The Balaban J connectivity index is 1.91. The van der Waals surface area contributed by atoms with Gasteiger partial charge >= 0.3 is 0 Å². The van der Waals surface area contributed by atoms with Gasteiger partial charge < -0.3 is 0 Å². The third kappa shape index (κ3) is 2.13. The van der Waals surface area contributed by atoms with Crippen LogP contribution in [0, 0.1) is 0 Å². The van der Waals surface area contributed by atoms with Crippen LogP contribution in [0.2, 0.25) is 0 Å². The second kappa shape index (κ2) is 3.93. The Bertz CT molecular complexity index is 360. The molecule has 0 radical (unpaired) electrons. The molecule has 0 aliphatic heterocycles. The van der Waals surface area contributed by atoms with Gasteiger partial charge in [-0.2, -0.15) is 0 Å². The van der Waals surface area contributed by atoms with Crippen molar-refractivity contribution in [2.45, 2.75) is 50.4 Å². The van der Waals surface area contributed by atoms with Gasteiger partial charge in [-0.15, -0.1) is 0 Å². The highest BCUT2D eigenvalue weighted by Gasteiger charge is 2.25. The Morgan fingerprint density at radius 3 is 1.87 bits per heavy atom. The summed E-state index contributed by atoms with van der Waals surface area (Å²) in [7, 11) is 0. The summed E-state index contributed by atoms with van der Waals surface area (Å²) in [4.78, 5) is 0. The molecule has 15 heavy (non-hydrogen) atoms. The molecule has 2 aliphatic carbocycles. The maximum Gasteiger partial charge on any atom is 0.0180 e. The second-order valence-corrected chi connectivity index (χ2v) is 5.99. The highest BCUT2D eigenvalue weighted by molar-refractivity contribution is 9.10. The average Bonchev–Trinajstić information content (AvgIpc) is 2.93. The fourth-order valence-corrected chi connectivity index (χ4v) is 3.31. The van der Waals surface area contributed by atoms with Gasteiger partial charge in [0.05, 0.1) is 0 Å². The van der Waals surface area contributed by atoms with Crippen LogP contribution in [0.5, 0.6) is 0 Å². The van der Waals surface area contributed by atoms with Crippen molar-refractivity contribution >= 4 is 15.9 Å². The van der Waals surface area contributed by atoms with Crippen molar-refractivity contribution in [3.63, 3.8) is 0 Å². The third-order valence-corrected chi connectivity index (χ3v) is 4.28. The fourth-order valence-electron chi connectivity index (χ4n) is 2.78. The van der Waals surface area contributed by atoms with Crippen LogP contribution in [0.4, 0.5) is 0 Å². The van der Waals surface area contributed by atoms with E-state index in [1.165, 1.54) is 43.0 Å². The predicted octanol–water partition coefficient (Wildman–Crippen LogP) is 4.98. The number of hydrogen-bond donors (Lipinski definition) is 0. The highest BCUT2D eigenvalue weighted by Crippen LogP contribution is 2.43. The molecule has 0 unspecified atom stereocenters. The molecule has 1 heteroatoms.